The van der Waals surface area contributed by atoms with E-state index < -0.39 is 0 Å². The minimum atomic E-state index is 0.986. The summed E-state index contributed by atoms with van der Waals surface area (Å²) < 4.78 is 3.19. The molecule has 5 heteroatoms. The Hall–Kier alpha value is -1.59. The molecule has 1 aliphatic rings. The minimum absolute atomic E-state index is 0.986. The fourth-order valence-electron chi connectivity index (χ4n) is 2.87. The van der Waals surface area contributed by atoms with Gasteiger partial charge in [-0.2, -0.15) is 5.10 Å². The number of aromatic nitrogens is 2. The van der Waals surface area contributed by atoms with Crippen LogP contribution in [0.3, 0.4) is 0 Å². The Morgan fingerprint density at radius 1 is 1.23 bits per heavy atom. The molecule has 3 nitrogen and oxygen atoms in total. The smallest absolute Gasteiger partial charge is 0.133 e. The lowest BCUT2D eigenvalue weighted by molar-refractivity contribution is 0.882. The molecule has 0 atom stereocenters. The lowest BCUT2D eigenvalue weighted by atomic mass is 10.1. The zero-order valence-electron chi connectivity index (χ0n) is 12.3. The summed E-state index contributed by atoms with van der Waals surface area (Å²) in [6.07, 6.45) is 2.09. The molecule has 22 heavy (non-hydrogen) atoms. The van der Waals surface area contributed by atoms with Gasteiger partial charge in [-0.05, 0) is 58.6 Å². The average molecular weight is 374 g/mol. The van der Waals surface area contributed by atoms with Gasteiger partial charge in [0.15, 0.2) is 0 Å². The molecule has 2 aromatic heterocycles. The molecular weight excluding hydrogens is 358 g/mol. The number of halogens is 1. The largest absolute Gasteiger partial charge is 0.369 e. The van der Waals surface area contributed by atoms with Crippen molar-refractivity contribution in [1.82, 2.24) is 9.78 Å². The van der Waals surface area contributed by atoms with E-state index in [2.05, 4.69) is 64.6 Å². The Kier molecular flexibility index (Phi) is 3.54. The molecule has 0 radical (unpaired) electrons. The van der Waals surface area contributed by atoms with E-state index in [1.807, 2.05) is 4.68 Å². The monoisotopic (exact) mass is 373 g/mol. The molecule has 1 aliphatic heterocycles. The third-order valence-electron chi connectivity index (χ3n) is 4.05. The maximum atomic E-state index is 4.88. The lowest BCUT2D eigenvalue weighted by Crippen LogP contribution is -2.04. The molecule has 4 rings (SSSR count). The molecule has 112 valence electrons. The number of fused-ring (bicyclic) bond motifs is 1. The molecule has 0 bridgehead atoms. The fraction of sp³-hybridized carbons (Fsp3) is 0.235. The van der Waals surface area contributed by atoms with Crippen molar-refractivity contribution in [2.45, 2.75) is 19.8 Å². The molecule has 0 unspecified atom stereocenters. The van der Waals surface area contributed by atoms with Gasteiger partial charge in [0.2, 0.25) is 0 Å². The van der Waals surface area contributed by atoms with Crippen LogP contribution < -0.4 is 5.32 Å². The zero-order chi connectivity index (χ0) is 15.1. The Bertz CT molecular complexity index is 817. The van der Waals surface area contributed by atoms with Gasteiger partial charge < -0.3 is 5.32 Å². The van der Waals surface area contributed by atoms with Crippen molar-refractivity contribution in [2.24, 2.45) is 0 Å². The van der Waals surface area contributed by atoms with Gasteiger partial charge in [-0.1, -0.05) is 19.1 Å². The minimum Gasteiger partial charge on any atom is -0.369 e. The van der Waals surface area contributed by atoms with Gasteiger partial charge >= 0.3 is 0 Å². The van der Waals surface area contributed by atoms with Gasteiger partial charge in [-0.15, -0.1) is 11.3 Å². The van der Waals surface area contributed by atoms with Gasteiger partial charge in [0.1, 0.15) is 11.5 Å². The van der Waals surface area contributed by atoms with Crippen LogP contribution >= 0.6 is 27.3 Å². The highest BCUT2D eigenvalue weighted by Crippen LogP contribution is 2.38. The maximum Gasteiger partial charge on any atom is 0.133 e. The number of benzene rings is 1. The molecule has 0 amide bonds. The van der Waals surface area contributed by atoms with Gasteiger partial charge in [0, 0.05) is 12.1 Å². The fourth-order valence-corrected chi connectivity index (χ4v) is 4.27. The number of anilines is 1. The van der Waals surface area contributed by atoms with Crippen LogP contribution in [0.2, 0.25) is 0 Å². The summed E-state index contributed by atoms with van der Waals surface area (Å²) in [6.45, 7) is 3.16. The van der Waals surface area contributed by atoms with Gasteiger partial charge in [-0.25, -0.2) is 4.68 Å². The average Bonchev–Trinajstić information content (AvgIpc) is 3.23. The van der Waals surface area contributed by atoms with Crippen molar-refractivity contribution in [3.05, 3.63) is 51.3 Å². The van der Waals surface area contributed by atoms with Crippen molar-refractivity contribution >= 4 is 33.1 Å². The highest BCUT2D eigenvalue weighted by atomic mass is 79.9. The van der Waals surface area contributed by atoms with Crippen LogP contribution in [0.4, 0.5) is 5.82 Å². The molecule has 0 saturated heterocycles. The first-order valence-corrected chi connectivity index (χ1v) is 9.08. The number of thiophene rings is 1. The summed E-state index contributed by atoms with van der Waals surface area (Å²) in [6, 6.07) is 12.9. The molecule has 0 saturated carbocycles. The van der Waals surface area contributed by atoms with Crippen LogP contribution in [-0.4, -0.2) is 16.3 Å². The van der Waals surface area contributed by atoms with E-state index in [0.29, 0.717) is 0 Å². The van der Waals surface area contributed by atoms with Crippen LogP contribution in [-0.2, 0) is 12.8 Å². The first kappa shape index (κ1) is 14.0. The van der Waals surface area contributed by atoms with Crippen LogP contribution in [0, 0.1) is 0 Å². The number of nitrogens with one attached hydrogen (secondary N) is 1. The first-order chi connectivity index (χ1) is 10.8. The van der Waals surface area contributed by atoms with Crippen molar-refractivity contribution in [3.63, 3.8) is 0 Å². The number of aryl methyl sites for hydroxylation is 1. The van der Waals surface area contributed by atoms with Crippen LogP contribution in [0.5, 0.6) is 0 Å². The zero-order valence-corrected chi connectivity index (χ0v) is 14.7. The summed E-state index contributed by atoms with van der Waals surface area (Å²) in [4.78, 5) is 1.22. The summed E-state index contributed by atoms with van der Waals surface area (Å²) in [5, 5.41) is 8.37. The summed E-state index contributed by atoms with van der Waals surface area (Å²) >= 11 is 5.28. The van der Waals surface area contributed by atoms with E-state index in [0.717, 1.165) is 40.4 Å². The Labute approximate surface area is 142 Å². The third kappa shape index (κ3) is 2.29. The molecule has 0 aliphatic carbocycles. The first-order valence-electron chi connectivity index (χ1n) is 7.47. The molecule has 0 spiro atoms. The van der Waals surface area contributed by atoms with Crippen molar-refractivity contribution in [3.8, 4) is 16.3 Å². The van der Waals surface area contributed by atoms with Crippen LogP contribution in [0.15, 0.2) is 40.2 Å². The second kappa shape index (κ2) is 5.56. The van der Waals surface area contributed by atoms with Crippen molar-refractivity contribution < 1.29 is 0 Å². The van der Waals surface area contributed by atoms with E-state index in [-0.39, 0.29) is 0 Å². The van der Waals surface area contributed by atoms with Crippen LogP contribution in [0.25, 0.3) is 16.3 Å². The number of hydrogen-bond donors (Lipinski definition) is 1. The number of nitrogens with zero attached hydrogens (tertiary/aromatic N) is 2. The standard InChI is InChI=1S/C17H16BrN3S/c1-2-11-3-5-12(6-4-11)21-17-13(9-10-19-17)16(20-21)14-7-8-15(18)22-14/h3-8,19H,2,9-10H2,1H3. The molecular formula is C17H16BrN3S. The maximum absolute atomic E-state index is 4.88. The normalized spacial score (nSPS) is 13.2. The molecule has 3 aromatic rings. The van der Waals surface area contributed by atoms with Crippen molar-refractivity contribution in [1.29, 1.82) is 0 Å². The van der Waals surface area contributed by atoms with E-state index in [1.165, 1.54) is 16.0 Å². The Morgan fingerprint density at radius 2 is 2.05 bits per heavy atom. The molecule has 0 fully saturated rings. The predicted octanol–water partition coefficient (Wildman–Crippen LogP) is 4.89. The van der Waals surface area contributed by atoms with Gasteiger partial charge in [0.25, 0.3) is 0 Å². The number of rotatable bonds is 3. The number of hydrogen-bond acceptors (Lipinski definition) is 3. The van der Waals surface area contributed by atoms with Crippen LogP contribution in [0.1, 0.15) is 18.1 Å². The molecule has 1 aromatic carbocycles. The SMILES string of the molecule is CCc1ccc(-n2nc(-c3ccc(Br)s3)c3c2NCC3)cc1. The third-order valence-corrected chi connectivity index (χ3v) is 5.68. The molecule has 1 N–H and O–H groups in total. The second-order valence-corrected chi connectivity index (χ2v) is 7.85. The highest BCUT2D eigenvalue weighted by Gasteiger charge is 2.24. The topological polar surface area (TPSA) is 29.9 Å². The van der Waals surface area contributed by atoms with E-state index in [4.69, 9.17) is 5.10 Å². The summed E-state index contributed by atoms with van der Waals surface area (Å²) in [5.74, 6) is 1.14. The summed E-state index contributed by atoms with van der Waals surface area (Å²) in [5.41, 5.74) is 4.90. The predicted molar refractivity (Wildman–Crippen MR) is 96.1 cm³/mol. The lowest BCUT2D eigenvalue weighted by Gasteiger charge is -2.07. The Balaban J connectivity index is 1.83. The quantitative estimate of drug-likeness (QED) is 0.707. The summed E-state index contributed by atoms with van der Waals surface area (Å²) in [7, 11) is 0. The van der Waals surface area contributed by atoms with Crippen molar-refractivity contribution in [2.75, 3.05) is 11.9 Å². The van der Waals surface area contributed by atoms with E-state index in [1.54, 1.807) is 11.3 Å². The van der Waals surface area contributed by atoms with Gasteiger partial charge in [0.05, 0.1) is 14.4 Å². The van der Waals surface area contributed by atoms with Gasteiger partial charge in [-0.3, -0.25) is 0 Å². The molecule has 3 heterocycles. The van der Waals surface area contributed by atoms with E-state index >= 15 is 0 Å². The highest BCUT2D eigenvalue weighted by molar-refractivity contribution is 9.11. The Morgan fingerprint density at radius 3 is 2.73 bits per heavy atom. The van der Waals surface area contributed by atoms with E-state index in [9.17, 15) is 0 Å². The second-order valence-electron chi connectivity index (χ2n) is 5.39.